The van der Waals surface area contributed by atoms with Gasteiger partial charge in [0.2, 0.25) is 0 Å². The molecule has 1 saturated carbocycles. The first-order chi connectivity index (χ1) is 14.9. The van der Waals surface area contributed by atoms with Gasteiger partial charge in [-0.1, -0.05) is 31.2 Å². The molecule has 1 aromatic heterocycles. The van der Waals surface area contributed by atoms with Crippen LogP contribution in [0.1, 0.15) is 55.1 Å². The molecule has 1 aliphatic rings. The van der Waals surface area contributed by atoms with E-state index in [0.717, 1.165) is 25.7 Å². The summed E-state index contributed by atoms with van der Waals surface area (Å²) in [5.41, 5.74) is 7.13. The molecule has 6 heteroatoms. The molecule has 1 amide bonds. The van der Waals surface area contributed by atoms with Crippen LogP contribution in [-0.4, -0.2) is 29.3 Å². The van der Waals surface area contributed by atoms with Crippen molar-refractivity contribution in [2.45, 2.75) is 51.5 Å². The normalized spacial score (nSPS) is 20.6. The average molecular weight is 426 g/mol. The zero-order valence-electron chi connectivity index (χ0n) is 18.1. The Kier molecular flexibility index (Phi) is 8.29. The highest BCUT2D eigenvalue weighted by Gasteiger charge is 2.29. The van der Waals surface area contributed by atoms with E-state index in [-0.39, 0.29) is 29.5 Å². The van der Waals surface area contributed by atoms with Gasteiger partial charge in [0, 0.05) is 31.1 Å². The SMILES string of the molecule is C[C@H](CNC(=O)c1ccccn1)C1CCC(C(=O)CC(N)Cc2ccccc2F)CC1. The van der Waals surface area contributed by atoms with Crippen molar-refractivity contribution in [3.05, 3.63) is 65.7 Å². The molecule has 0 aliphatic heterocycles. The van der Waals surface area contributed by atoms with E-state index in [1.807, 2.05) is 0 Å². The Morgan fingerprint density at radius 3 is 2.52 bits per heavy atom. The minimum absolute atomic E-state index is 0.0400. The highest BCUT2D eigenvalue weighted by molar-refractivity contribution is 5.92. The third-order valence-electron chi connectivity index (χ3n) is 6.42. The van der Waals surface area contributed by atoms with E-state index in [1.54, 1.807) is 42.6 Å². The monoisotopic (exact) mass is 425 g/mol. The Labute approximate surface area is 183 Å². The van der Waals surface area contributed by atoms with Crippen LogP contribution in [0.25, 0.3) is 0 Å². The van der Waals surface area contributed by atoms with Gasteiger partial charge in [-0.15, -0.1) is 0 Å². The van der Waals surface area contributed by atoms with Crippen LogP contribution in [-0.2, 0) is 11.2 Å². The van der Waals surface area contributed by atoms with Crippen molar-refractivity contribution in [1.29, 1.82) is 0 Å². The van der Waals surface area contributed by atoms with E-state index < -0.39 is 0 Å². The second kappa shape index (κ2) is 11.1. The fourth-order valence-electron chi connectivity index (χ4n) is 4.46. The molecule has 3 rings (SSSR count). The fourth-order valence-corrected chi connectivity index (χ4v) is 4.46. The lowest BCUT2D eigenvalue weighted by atomic mass is 9.74. The van der Waals surface area contributed by atoms with Gasteiger partial charge >= 0.3 is 0 Å². The van der Waals surface area contributed by atoms with Crippen molar-refractivity contribution in [2.75, 3.05) is 6.54 Å². The zero-order chi connectivity index (χ0) is 22.2. The third kappa shape index (κ3) is 6.69. The standard InChI is InChI=1S/C25H32FN3O2/c1-17(16-29-25(31)23-8-4-5-13-28-23)18-9-11-19(12-10-18)24(30)15-21(27)14-20-6-2-3-7-22(20)26/h2-8,13,17-19,21H,9-12,14-16,27H2,1H3,(H,29,31)/t17-,18?,19?,21?/m1/s1. The number of nitrogens with zero attached hydrogens (tertiary/aromatic N) is 1. The molecule has 1 unspecified atom stereocenters. The molecule has 2 aromatic rings. The van der Waals surface area contributed by atoms with Gasteiger partial charge in [0.05, 0.1) is 0 Å². The molecule has 0 radical (unpaired) electrons. The smallest absolute Gasteiger partial charge is 0.269 e. The maximum absolute atomic E-state index is 13.8. The van der Waals surface area contributed by atoms with Gasteiger partial charge < -0.3 is 11.1 Å². The van der Waals surface area contributed by atoms with E-state index in [1.165, 1.54) is 6.07 Å². The van der Waals surface area contributed by atoms with Gasteiger partial charge in [-0.2, -0.15) is 0 Å². The highest BCUT2D eigenvalue weighted by atomic mass is 19.1. The molecule has 0 spiro atoms. The molecule has 31 heavy (non-hydrogen) atoms. The summed E-state index contributed by atoms with van der Waals surface area (Å²) in [6.45, 7) is 2.75. The highest BCUT2D eigenvalue weighted by Crippen LogP contribution is 2.34. The second-order valence-corrected chi connectivity index (χ2v) is 8.74. The number of aromatic nitrogens is 1. The Hall–Kier alpha value is -2.60. The van der Waals surface area contributed by atoms with Crippen LogP contribution in [0.15, 0.2) is 48.7 Å². The second-order valence-electron chi connectivity index (χ2n) is 8.74. The number of Topliss-reactive ketones (excluding diaryl/α,β-unsaturated/α-hetero) is 1. The van der Waals surface area contributed by atoms with Gasteiger partial charge in [0.1, 0.15) is 17.3 Å². The summed E-state index contributed by atoms with van der Waals surface area (Å²) in [6, 6.07) is 11.5. The number of nitrogens with one attached hydrogen (secondary N) is 1. The van der Waals surface area contributed by atoms with Crippen LogP contribution in [0.3, 0.4) is 0 Å². The minimum Gasteiger partial charge on any atom is -0.350 e. The molecule has 0 bridgehead atoms. The summed E-state index contributed by atoms with van der Waals surface area (Å²) in [5, 5.41) is 2.97. The lowest BCUT2D eigenvalue weighted by molar-refractivity contribution is -0.124. The molecule has 1 aromatic carbocycles. The summed E-state index contributed by atoms with van der Waals surface area (Å²) < 4.78 is 13.8. The molecule has 166 valence electrons. The van der Waals surface area contributed by atoms with Crippen molar-refractivity contribution in [2.24, 2.45) is 23.5 Å². The molecular weight excluding hydrogens is 393 g/mol. The Morgan fingerprint density at radius 1 is 1.13 bits per heavy atom. The van der Waals surface area contributed by atoms with E-state index >= 15 is 0 Å². The maximum atomic E-state index is 13.8. The Bertz CT molecular complexity index is 866. The van der Waals surface area contributed by atoms with E-state index in [2.05, 4.69) is 17.2 Å². The number of nitrogens with two attached hydrogens (primary N) is 1. The van der Waals surface area contributed by atoms with E-state index in [0.29, 0.717) is 42.5 Å². The van der Waals surface area contributed by atoms with Crippen LogP contribution in [0, 0.1) is 23.6 Å². The fraction of sp³-hybridized carbons (Fsp3) is 0.480. The Balaban J connectivity index is 1.39. The molecule has 0 saturated heterocycles. The number of ketones is 1. The van der Waals surface area contributed by atoms with Crippen molar-refractivity contribution < 1.29 is 14.0 Å². The largest absolute Gasteiger partial charge is 0.350 e. The van der Waals surface area contributed by atoms with Crippen molar-refractivity contribution >= 4 is 11.7 Å². The summed E-state index contributed by atoms with van der Waals surface area (Å²) in [7, 11) is 0. The number of carbonyl (C=O) groups is 2. The topological polar surface area (TPSA) is 85.1 Å². The molecule has 1 fully saturated rings. The summed E-state index contributed by atoms with van der Waals surface area (Å²) in [6.07, 6.45) is 5.93. The third-order valence-corrected chi connectivity index (χ3v) is 6.42. The number of hydrogen-bond donors (Lipinski definition) is 2. The molecule has 3 N–H and O–H groups in total. The van der Waals surface area contributed by atoms with E-state index in [4.69, 9.17) is 5.73 Å². The molecule has 5 nitrogen and oxygen atoms in total. The maximum Gasteiger partial charge on any atom is 0.269 e. The number of hydrogen-bond acceptors (Lipinski definition) is 4. The number of rotatable bonds is 9. The number of carbonyl (C=O) groups excluding carboxylic acids is 2. The predicted molar refractivity (Wildman–Crippen MR) is 119 cm³/mol. The zero-order valence-corrected chi connectivity index (χ0v) is 18.1. The van der Waals surface area contributed by atoms with Crippen LogP contribution < -0.4 is 11.1 Å². The number of halogens is 1. The van der Waals surface area contributed by atoms with Crippen molar-refractivity contribution in [1.82, 2.24) is 10.3 Å². The van der Waals surface area contributed by atoms with E-state index in [9.17, 15) is 14.0 Å². The van der Waals surface area contributed by atoms with Gasteiger partial charge in [0.15, 0.2) is 0 Å². The molecule has 2 atom stereocenters. The van der Waals surface area contributed by atoms with Crippen LogP contribution in [0.5, 0.6) is 0 Å². The van der Waals surface area contributed by atoms with Crippen molar-refractivity contribution in [3.8, 4) is 0 Å². The van der Waals surface area contributed by atoms with Gasteiger partial charge in [-0.05, 0) is 67.7 Å². The number of amides is 1. The van der Waals surface area contributed by atoms with Gasteiger partial charge in [0.25, 0.3) is 5.91 Å². The first kappa shape index (κ1) is 23.1. The summed E-state index contributed by atoms with van der Waals surface area (Å²) >= 11 is 0. The predicted octanol–water partition coefficient (Wildman–Crippen LogP) is 3.92. The van der Waals surface area contributed by atoms with Gasteiger partial charge in [-0.25, -0.2) is 4.39 Å². The number of benzene rings is 1. The Morgan fingerprint density at radius 2 is 1.84 bits per heavy atom. The lowest BCUT2D eigenvalue weighted by Gasteiger charge is -2.32. The quantitative estimate of drug-likeness (QED) is 0.638. The van der Waals surface area contributed by atoms with Gasteiger partial charge in [-0.3, -0.25) is 14.6 Å². The molecule has 1 aliphatic carbocycles. The van der Waals surface area contributed by atoms with Crippen molar-refractivity contribution in [3.63, 3.8) is 0 Å². The number of pyridine rings is 1. The lowest BCUT2D eigenvalue weighted by Crippen LogP contribution is -2.35. The first-order valence-corrected chi connectivity index (χ1v) is 11.1. The van der Waals surface area contributed by atoms with Crippen LogP contribution in [0.4, 0.5) is 4.39 Å². The minimum atomic E-state index is -0.358. The summed E-state index contributed by atoms with van der Waals surface area (Å²) in [5.74, 6) is 0.638. The first-order valence-electron chi connectivity index (χ1n) is 11.1. The average Bonchev–Trinajstić information content (AvgIpc) is 2.79. The van der Waals surface area contributed by atoms with Crippen LogP contribution in [0.2, 0.25) is 0 Å². The summed E-state index contributed by atoms with van der Waals surface area (Å²) in [4.78, 5) is 28.9. The van der Waals surface area contributed by atoms with Crippen LogP contribution >= 0.6 is 0 Å². The molecule has 1 heterocycles. The molecular formula is C25H32FN3O2.